The molecule has 2 rings (SSSR count). The van der Waals surface area contributed by atoms with Gasteiger partial charge in [0.2, 0.25) is 0 Å². The van der Waals surface area contributed by atoms with E-state index in [0.717, 1.165) is 0 Å². The molecule has 17 heavy (non-hydrogen) atoms. The van der Waals surface area contributed by atoms with Crippen molar-refractivity contribution < 1.29 is 19.0 Å². The Morgan fingerprint density at radius 2 is 2.24 bits per heavy atom. The fourth-order valence-corrected chi connectivity index (χ4v) is 1.40. The third kappa shape index (κ3) is 2.10. The number of aromatic amines is 1. The van der Waals surface area contributed by atoms with Crippen LogP contribution in [0.5, 0.6) is 5.75 Å². The molecule has 1 heterocycles. The lowest BCUT2D eigenvalue weighted by molar-refractivity contribution is 0.0690. The molecule has 0 bridgehead atoms. The Hall–Kier alpha value is -2.37. The van der Waals surface area contributed by atoms with Gasteiger partial charge in [0, 0.05) is 5.56 Å². The van der Waals surface area contributed by atoms with E-state index < -0.39 is 11.8 Å². The van der Waals surface area contributed by atoms with E-state index in [4.69, 9.17) is 9.84 Å². The number of H-pyrrole nitrogens is 1. The minimum atomic E-state index is -1.10. The lowest BCUT2D eigenvalue weighted by Gasteiger charge is -2.03. The molecule has 0 spiro atoms. The number of rotatable bonds is 3. The highest BCUT2D eigenvalue weighted by Crippen LogP contribution is 2.25. The fraction of sp³-hybridized carbons (Fsp3) is 0.0909. The number of aromatic nitrogens is 2. The molecule has 0 fully saturated rings. The number of nitrogens with zero attached hydrogens (tertiary/aromatic N) is 1. The van der Waals surface area contributed by atoms with Crippen molar-refractivity contribution in [3.05, 3.63) is 35.8 Å². The van der Waals surface area contributed by atoms with Crippen molar-refractivity contribution >= 4 is 5.97 Å². The van der Waals surface area contributed by atoms with Gasteiger partial charge in [0.15, 0.2) is 11.6 Å². The van der Waals surface area contributed by atoms with Crippen molar-refractivity contribution in [2.45, 2.75) is 0 Å². The lowest BCUT2D eigenvalue weighted by atomic mass is 10.1. The number of ether oxygens (including phenoxy) is 1. The molecule has 0 amide bonds. The van der Waals surface area contributed by atoms with Crippen LogP contribution in [0.25, 0.3) is 11.3 Å². The molecule has 0 aliphatic carbocycles. The van der Waals surface area contributed by atoms with Crippen molar-refractivity contribution in [3.63, 3.8) is 0 Å². The summed E-state index contributed by atoms with van der Waals surface area (Å²) in [5.74, 6) is -1.49. The van der Waals surface area contributed by atoms with Crippen LogP contribution >= 0.6 is 0 Å². The maximum Gasteiger partial charge on any atom is 0.353 e. The zero-order valence-electron chi connectivity index (χ0n) is 8.90. The second-order valence-electron chi connectivity index (χ2n) is 3.32. The summed E-state index contributed by atoms with van der Waals surface area (Å²) in [7, 11) is 1.36. The maximum absolute atomic E-state index is 13.2. The highest BCUT2D eigenvalue weighted by Gasteiger charge is 2.11. The number of aromatic carboxylic acids is 1. The molecule has 0 saturated heterocycles. The summed E-state index contributed by atoms with van der Waals surface area (Å²) in [5, 5.41) is 14.9. The van der Waals surface area contributed by atoms with E-state index >= 15 is 0 Å². The molecule has 2 aromatic rings. The van der Waals surface area contributed by atoms with Crippen molar-refractivity contribution in [2.75, 3.05) is 7.11 Å². The summed E-state index contributed by atoms with van der Waals surface area (Å²) >= 11 is 0. The maximum atomic E-state index is 13.2. The van der Waals surface area contributed by atoms with Crippen LogP contribution in [-0.2, 0) is 0 Å². The molecule has 0 atom stereocenters. The molecule has 0 aliphatic rings. The molecule has 0 aliphatic heterocycles. The number of benzene rings is 1. The second kappa shape index (κ2) is 4.25. The highest BCUT2D eigenvalue weighted by atomic mass is 19.1. The topological polar surface area (TPSA) is 75.2 Å². The van der Waals surface area contributed by atoms with E-state index in [1.807, 2.05) is 0 Å². The van der Waals surface area contributed by atoms with E-state index in [1.54, 1.807) is 0 Å². The molecule has 2 N–H and O–H groups in total. The van der Waals surface area contributed by atoms with Gasteiger partial charge < -0.3 is 9.84 Å². The van der Waals surface area contributed by atoms with Gasteiger partial charge in [-0.05, 0) is 24.3 Å². The predicted molar refractivity (Wildman–Crippen MR) is 57.5 cm³/mol. The van der Waals surface area contributed by atoms with E-state index in [2.05, 4.69) is 10.2 Å². The molecular weight excluding hydrogens is 227 g/mol. The van der Waals surface area contributed by atoms with Crippen molar-refractivity contribution in [1.82, 2.24) is 10.2 Å². The van der Waals surface area contributed by atoms with Gasteiger partial charge in [0.05, 0.1) is 12.8 Å². The Morgan fingerprint density at radius 1 is 1.47 bits per heavy atom. The van der Waals surface area contributed by atoms with E-state index in [1.165, 1.54) is 31.4 Å². The van der Waals surface area contributed by atoms with Gasteiger partial charge in [0.25, 0.3) is 0 Å². The monoisotopic (exact) mass is 236 g/mol. The molecule has 1 aromatic heterocycles. The molecule has 0 unspecified atom stereocenters. The quantitative estimate of drug-likeness (QED) is 0.853. The SMILES string of the molecule is COc1cc(-c2cc(C(=O)O)[nH]n2)ccc1F. The molecular formula is C11H9FN2O3. The largest absolute Gasteiger partial charge is 0.494 e. The van der Waals surface area contributed by atoms with Crippen LogP contribution in [0.4, 0.5) is 4.39 Å². The van der Waals surface area contributed by atoms with Crippen LogP contribution in [0.1, 0.15) is 10.5 Å². The van der Waals surface area contributed by atoms with Gasteiger partial charge in [-0.1, -0.05) is 0 Å². The second-order valence-corrected chi connectivity index (χ2v) is 3.32. The smallest absolute Gasteiger partial charge is 0.353 e. The highest BCUT2D eigenvalue weighted by molar-refractivity contribution is 5.86. The first-order valence-corrected chi connectivity index (χ1v) is 4.74. The minimum absolute atomic E-state index is 0.0247. The number of hydrogen-bond acceptors (Lipinski definition) is 3. The van der Waals surface area contributed by atoms with Gasteiger partial charge >= 0.3 is 5.97 Å². The van der Waals surface area contributed by atoms with Crippen LogP contribution in [-0.4, -0.2) is 28.4 Å². The van der Waals surface area contributed by atoms with Crippen LogP contribution in [0, 0.1) is 5.82 Å². The lowest BCUT2D eigenvalue weighted by Crippen LogP contribution is -1.95. The van der Waals surface area contributed by atoms with Crippen LogP contribution in [0.3, 0.4) is 0 Å². The first-order valence-electron chi connectivity index (χ1n) is 4.74. The van der Waals surface area contributed by atoms with E-state index in [9.17, 15) is 9.18 Å². The Labute approximate surface area is 95.9 Å². The van der Waals surface area contributed by atoms with Crippen LogP contribution in [0.2, 0.25) is 0 Å². The van der Waals surface area contributed by atoms with Crippen LogP contribution < -0.4 is 4.74 Å². The molecule has 5 nitrogen and oxygen atoms in total. The van der Waals surface area contributed by atoms with Crippen molar-refractivity contribution in [1.29, 1.82) is 0 Å². The van der Waals surface area contributed by atoms with Gasteiger partial charge in [-0.15, -0.1) is 0 Å². The van der Waals surface area contributed by atoms with E-state index in [-0.39, 0.29) is 11.4 Å². The number of hydrogen-bond donors (Lipinski definition) is 2. The zero-order chi connectivity index (χ0) is 12.4. The van der Waals surface area contributed by atoms with Gasteiger partial charge in [-0.3, -0.25) is 5.10 Å². The Balaban J connectivity index is 2.42. The van der Waals surface area contributed by atoms with Gasteiger partial charge in [0.1, 0.15) is 5.69 Å². The molecule has 1 aromatic carbocycles. The van der Waals surface area contributed by atoms with Gasteiger partial charge in [-0.25, -0.2) is 9.18 Å². The number of nitrogens with one attached hydrogen (secondary N) is 1. The van der Waals surface area contributed by atoms with Crippen LogP contribution in [0.15, 0.2) is 24.3 Å². The Bertz CT molecular complexity index is 566. The first-order chi connectivity index (χ1) is 8.11. The summed E-state index contributed by atoms with van der Waals surface area (Å²) in [5.41, 5.74) is 0.969. The Morgan fingerprint density at radius 3 is 2.82 bits per heavy atom. The van der Waals surface area contributed by atoms with E-state index in [0.29, 0.717) is 11.3 Å². The average molecular weight is 236 g/mol. The molecule has 0 saturated carbocycles. The average Bonchev–Trinajstić information content (AvgIpc) is 2.79. The zero-order valence-corrected chi connectivity index (χ0v) is 8.90. The number of halogens is 1. The summed E-state index contributed by atoms with van der Waals surface area (Å²) in [6, 6.07) is 5.56. The number of carbonyl (C=O) groups is 1. The first kappa shape index (κ1) is 11.1. The molecule has 0 radical (unpaired) electrons. The standard InChI is InChI=1S/C11H9FN2O3/c1-17-10-4-6(2-3-7(10)12)8-5-9(11(15)16)14-13-8/h2-5H,1H3,(H,13,14)(H,15,16). The molecule has 88 valence electrons. The Kier molecular flexibility index (Phi) is 2.78. The normalized spacial score (nSPS) is 10.2. The van der Waals surface area contributed by atoms with Gasteiger partial charge in [-0.2, -0.15) is 5.10 Å². The third-order valence-corrected chi connectivity index (χ3v) is 2.26. The molecule has 6 heteroatoms. The summed E-state index contributed by atoms with van der Waals surface area (Å²) in [6.07, 6.45) is 0. The summed E-state index contributed by atoms with van der Waals surface area (Å²) in [6.45, 7) is 0. The summed E-state index contributed by atoms with van der Waals surface area (Å²) in [4.78, 5) is 10.7. The predicted octanol–water partition coefficient (Wildman–Crippen LogP) is 1.92. The summed E-state index contributed by atoms with van der Waals surface area (Å²) < 4.78 is 18.0. The minimum Gasteiger partial charge on any atom is -0.494 e. The van der Waals surface area contributed by atoms with Crippen molar-refractivity contribution in [2.24, 2.45) is 0 Å². The third-order valence-electron chi connectivity index (χ3n) is 2.26. The number of carboxylic acids is 1. The fourth-order valence-electron chi connectivity index (χ4n) is 1.40. The number of carboxylic acid groups (broad SMARTS) is 1. The number of methoxy groups -OCH3 is 1. The van der Waals surface area contributed by atoms with Crippen molar-refractivity contribution in [3.8, 4) is 17.0 Å².